The molecule has 1 aromatic rings. The van der Waals surface area contributed by atoms with E-state index in [4.69, 9.17) is 4.74 Å². The lowest BCUT2D eigenvalue weighted by Crippen LogP contribution is -2.29. The lowest BCUT2D eigenvalue weighted by atomic mass is 10.0. The van der Waals surface area contributed by atoms with Crippen molar-refractivity contribution in [2.24, 2.45) is 0 Å². The van der Waals surface area contributed by atoms with Crippen molar-refractivity contribution in [3.8, 4) is 5.75 Å². The van der Waals surface area contributed by atoms with Gasteiger partial charge in [-0.05, 0) is 25.5 Å². The largest absolute Gasteiger partial charge is 0.496 e. The molecule has 0 atom stereocenters. The number of methoxy groups -OCH3 is 1. The van der Waals surface area contributed by atoms with Gasteiger partial charge in [0.05, 0.1) is 18.4 Å². The van der Waals surface area contributed by atoms with Gasteiger partial charge in [0.25, 0.3) is 11.7 Å². The lowest BCUT2D eigenvalue weighted by molar-refractivity contribution is -0.114. The number of carbonyl (C=O) groups excluding carboxylic acids is 2. The van der Waals surface area contributed by atoms with Crippen molar-refractivity contribution in [1.29, 1.82) is 0 Å². The van der Waals surface area contributed by atoms with E-state index in [2.05, 4.69) is 6.58 Å². The Balaban J connectivity index is 2.70. The first kappa shape index (κ1) is 12.4. The monoisotopic (exact) mass is 245 g/mol. The maximum Gasteiger partial charge on any atom is 0.299 e. The van der Waals surface area contributed by atoms with E-state index in [9.17, 15) is 9.59 Å². The fourth-order valence-electron chi connectivity index (χ4n) is 2.41. The molecule has 0 radical (unpaired) electrons. The van der Waals surface area contributed by atoms with Crippen molar-refractivity contribution in [3.05, 3.63) is 35.4 Å². The Bertz CT molecular complexity index is 561. The van der Waals surface area contributed by atoms with Gasteiger partial charge >= 0.3 is 0 Å². The molecular weight excluding hydrogens is 230 g/mol. The third-order valence-corrected chi connectivity index (χ3v) is 3.16. The average molecular weight is 245 g/mol. The molecule has 0 aliphatic carbocycles. The number of benzene rings is 1. The minimum Gasteiger partial charge on any atom is -0.496 e. The summed E-state index contributed by atoms with van der Waals surface area (Å²) in [5.74, 6) is -0.307. The molecule has 1 aliphatic rings. The number of carbonyl (C=O) groups is 2. The van der Waals surface area contributed by atoms with Gasteiger partial charge < -0.3 is 9.64 Å². The number of ketones is 1. The van der Waals surface area contributed by atoms with Crippen LogP contribution in [-0.4, -0.2) is 25.3 Å². The van der Waals surface area contributed by atoms with Gasteiger partial charge in [0.1, 0.15) is 5.75 Å². The summed E-state index contributed by atoms with van der Waals surface area (Å²) in [5, 5.41) is 0. The number of nitrogens with zero attached hydrogens (tertiary/aromatic N) is 1. The fraction of sp³-hybridized carbons (Fsp3) is 0.286. The summed E-state index contributed by atoms with van der Waals surface area (Å²) in [6.45, 7) is 7.63. The molecule has 0 saturated heterocycles. The Hall–Kier alpha value is -2.10. The molecule has 0 saturated carbocycles. The van der Waals surface area contributed by atoms with Gasteiger partial charge in [-0.15, -0.1) is 6.58 Å². The molecule has 1 heterocycles. The second-order valence-electron chi connectivity index (χ2n) is 4.28. The van der Waals surface area contributed by atoms with Gasteiger partial charge in [0.2, 0.25) is 0 Å². The van der Waals surface area contributed by atoms with Crippen LogP contribution >= 0.6 is 0 Å². The molecule has 94 valence electrons. The predicted molar refractivity (Wildman–Crippen MR) is 69.3 cm³/mol. The van der Waals surface area contributed by atoms with Gasteiger partial charge in [0, 0.05) is 12.1 Å². The zero-order valence-electron chi connectivity index (χ0n) is 10.7. The van der Waals surface area contributed by atoms with Crippen molar-refractivity contribution >= 4 is 17.4 Å². The van der Waals surface area contributed by atoms with Gasteiger partial charge in [-0.25, -0.2) is 0 Å². The van der Waals surface area contributed by atoms with Gasteiger partial charge in [-0.3, -0.25) is 9.59 Å². The first-order valence-corrected chi connectivity index (χ1v) is 5.68. The standard InChI is InChI=1S/C14H15NO3/c1-5-6-15-10-7-8(2)13(18-4)9(3)11(10)12(16)14(15)17/h5,7H,1,6H2,2-4H3. The van der Waals surface area contributed by atoms with Crippen molar-refractivity contribution in [2.75, 3.05) is 18.6 Å². The van der Waals surface area contributed by atoms with Crippen LogP contribution < -0.4 is 9.64 Å². The highest BCUT2D eigenvalue weighted by Gasteiger charge is 2.37. The van der Waals surface area contributed by atoms with Gasteiger partial charge in [-0.2, -0.15) is 0 Å². The van der Waals surface area contributed by atoms with Gasteiger partial charge in [0.15, 0.2) is 0 Å². The number of hydrogen-bond acceptors (Lipinski definition) is 3. The molecule has 1 aromatic carbocycles. The van der Waals surface area contributed by atoms with Crippen LogP contribution in [0, 0.1) is 13.8 Å². The van der Waals surface area contributed by atoms with E-state index in [0.29, 0.717) is 23.5 Å². The number of Topliss-reactive ketones (excluding diaryl/α,β-unsaturated/α-hetero) is 1. The maximum absolute atomic E-state index is 12.0. The molecule has 0 fully saturated rings. The normalized spacial score (nSPS) is 13.8. The van der Waals surface area contributed by atoms with Crippen LogP contribution in [0.2, 0.25) is 0 Å². The Morgan fingerprint density at radius 3 is 2.61 bits per heavy atom. The Labute approximate surface area is 106 Å². The highest BCUT2D eigenvalue weighted by atomic mass is 16.5. The van der Waals surface area contributed by atoms with E-state index < -0.39 is 11.7 Å². The Morgan fingerprint density at radius 1 is 1.39 bits per heavy atom. The molecule has 0 N–H and O–H groups in total. The first-order chi connectivity index (χ1) is 8.52. The van der Waals surface area contributed by atoms with E-state index in [-0.39, 0.29) is 0 Å². The van der Waals surface area contributed by atoms with Crippen LogP contribution in [-0.2, 0) is 4.79 Å². The van der Waals surface area contributed by atoms with Crippen LogP contribution in [0.5, 0.6) is 5.75 Å². The molecule has 0 spiro atoms. The van der Waals surface area contributed by atoms with Crippen molar-refractivity contribution in [2.45, 2.75) is 13.8 Å². The fourth-order valence-corrected chi connectivity index (χ4v) is 2.41. The highest BCUT2D eigenvalue weighted by Crippen LogP contribution is 2.38. The van der Waals surface area contributed by atoms with Crippen LogP contribution in [0.25, 0.3) is 0 Å². The second kappa shape index (κ2) is 4.29. The van der Waals surface area contributed by atoms with Crippen LogP contribution in [0.3, 0.4) is 0 Å². The van der Waals surface area contributed by atoms with Crippen LogP contribution in [0.15, 0.2) is 18.7 Å². The summed E-state index contributed by atoms with van der Waals surface area (Å²) in [7, 11) is 1.56. The lowest BCUT2D eigenvalue weighted by Gasteiger charge is -2.17. The second-order valence-corrected chi connectivity index (χ2v) is 4.28. The molecule has 0 bridgehead atoms. The summed E-state index contributed by atoms with van der Waals surface area (Å²) in [6.07, 6.45) is 1.61. The summed E-state index contributed by atoms with van der Waals surface area (Å²) in [6, 6.07) is 1.81. The zero-order valence-corrected chi connectivity index (χ0v) is 10.7. The third kappa shape index (κ3) is 1.53. The molecule has 0 unspecified atom stereocenters. The minimum atomic E-state index is -0.499. The summed E-state index contributed by atoms with van der Waals surface area (Å²) in [4.78, 5) is 25.4. The maximum atomic E-state index is 12.0. The van der Waals surface area contributed by atoms with Crippen LogP contribution in [0.4, 0.5) is 5.69 Å². The molecule has 4 nitrogen and oxygen atoms in total. The highest BCUT2D eigenvalue weighted by molar-refractivity contribution is 6.52. The zero-order chi connectivity index (χ0) is 13.4. The van der Waals surface area contributed by atoms with E-state index >= 15 is 0 Å². The quantitative estimate of drug-likeness (QED) is 0.604. The Kier molecular flexibility index (Phi) is 2.95. The van der Waals surface area contributed by atoms with E-state index in [1.807, 2.05) is 13.0 Å². The number of ether oxygens (including phenoxy) is 1. The van der Waals surface area contributed by atoms with Crippen molar-refractivity contribution in [3.63, 3.8) is 0 Å². The summed E-state index contributed by atoms with van der Waals surface area (Å²) < 4.78 is 5.28. The molecule has 4 heteroatoms. The number of aryl methyl sites for hydroxylation is 1. The Morgan fingerprint density at radius 2 is 2.06 bits per heavy atom. The topological polar surface area (TPSA) is 46.6 Å². The smallest absolute Gasteiger partial charge is 0.299 e. The molecule has 1 amide bonds. The molecular formula is C14H15NO3. The number of hydrogen-bond donors (Lipinski definition) is 0. The number of fused-ring (bicyclic) bond motifs is 1. The van der Waals surface area contributed by atoms with Gasteiger partial charge in [-0.1, -0.05) is 6.08 Å². The van der Waals surface area contributed by atoms with E-state index in [1.165, 1.54) is 4.90 Å². The number of amides is 1. The molecule has 1 aliphatic heterocycles. The SMILES string of the molecule is C=CCN1C(=O)C(=O)c2c1cc(C)c(OC)c2C. The summed E-state index contributed by atoms with van der Waals surface area (Å²) in [5.41, 5.74) is 2.73. The number of anilines is 1. The van der Waals surface area contributed by atoms with E-state index in [0.717, 1.165) is 11.1 Å². The first-order valence-electron chi connectivity index (χ1n) is 5.68. The van der Waals surface area contributed by atoms with E-state index in [1.54, 1.807) is 20.1 Å². The molecule has 2 rings (SSSR count). The predicted octanol–water partition coefficient (Wildman–Crippen LogP) is 2.03. The van der Waals surface area contributed by atoms with Crippen molar-refractivity contribution < 1.29 is 14.3 Å². The molecule has 18 heavy (non-hydrogen) atoms. The van der Waals surface area contributed by atoms with Crippen LogP contribution in [0.1, 0.15) is 21.5 Å². The number of rotatable bonds is 3. The molecule has 0 aromatic heterocycles. The minimum absolute atomic E-state index is 0.336. The third-order valence-electron chi connectivity index (χ3n) is 3.16. The van der Waals surface area contributed by atoms with Crippen molar-refractivity contribution in [1.82, 2.24) is 0 Å². The summed E-state index contributed by atoms with van der Waals surface area (Å²) >= 11 is 0. The average Bonchev–Trinajstić information content (AvgIpc) is 2.55.